The van der Waals surface area contributed by atoms with Gasteiger partial charge in [0.25, 0.3) is 0 Å². The third-order valence-electron chi connectivity index (χ3n) is 3.04. The van der Waals surface area contributed by atoms with Crippen molar-refractivity contribution >= 4 is 0 Å². The minimum Gasteiger partial charge on any atom is -0.380 e. The molecule has 1 aromatic rings. The first-order valence-corrected chi connectivity index (χ1v) is 6.54. The average molecular weight is 238 g/mol. The molecule has 1 aromatic heterocycles. The molecule has 1 N–H and O–H groups in total. The minimum absolute atomic E-state index is 0.415. The first kappa shape index (κ1) is 14.3. The first-order chi connectivity index (χ1) is 8.13. The zero-order valence-electron chi connectivity index (χ0n) is 11.6. The fourth-order valence-electron chi connectivity index (χ4n) is 1.61. The maximum Gasteiger partial charge on any atom is 0.0645 e. The third kappa shape index (κ3) is 5.37. The van der Waals surface area contributed by atoms with Gasteiger partial charge in [-0.25, -0.2) is 0 Å². The first-order valence-electron chi connectivity index (χ1n) is 6.54. The van der Waals surface area contributed by atoms with Crippen LogP contribution < -0.4 is 5.32 Å². The van der Waals surface area contributed by atoms with E-state index in [1.165, 1.54) is 5.56 Å². The van der Waals surface area contributed by atoms with Crippen molar-refractivity contribution in [2.24, 2.45) is 5.92 Å². The van der Waals surface area contributed by atoms with E-state index in [0.29, 0.717) is 6.04 Å². The minimum atomic E-state index is 0.415. The van der Waals surface area contributed by atoms with Crippen LogP contribution in [0.2, 0.25) is 0 Å². The van der Waals surface area contributed by atoms with Crippen molar-refractivity contribution in [2.45, 2.75) is 39.8 Å². The fraction of sp³-hybridized carbons (Fsp3) is 0.714. The molecule has 17 heavy (non-hydrogen) atoms. The molecule has 0 bridgehead atoms. The molecule has 0 aliphatic heterocycles. The average Bonchev–Trinajstić information content (AvgIpc) is 2.76. The number of hydrogen-bond donors (Lipinski definition) is 1. The second-order valence-electron chi connectivity index (χ2n) is 4.99. The molecule has 0 saturated heterocycles. The lowest BCUT2D eigenvalue weighted by molar-refractivity contribution is 0.116. The van der Waals surface area contributed by atoms with Gasteiger partial charge in [-0.05, 0) is 37.9 Å². The summed E-state index contributed by atoms with van der Waals surface area (Å²) in [6.45, 7) is 9.22. The summed E-state index contributed by atoms with van der Waals surface area (Å²) in [6, 6.07) is 2.58. The van der Waals surface area contributed by atoms with Gasteiger partial charge in [-0.3, -0.25) is 0 Å². The third-order valence-corrected chi connectivity index (χ3v) is 3.04. The van der Waals surface area contributed by atoms with E-state index in [1.807, 2.05) is 7.05 Å². The summed E-state index contributed by atoms with van der Waals surface area (Å²) in [5, 5.41) is 3.24. The van der Waals surface area contributed by atoms with E-state index >= 15 is 0 Å². The molecule has 0 fully saturated rings. The zero-order chi connectivity index (χ0) is 12.7. The molecule has 0 aromatic carbocycles. The van der Waals surface area contributed by atoms with Gasteiger partial charge in [0.05, 0.1) is 6.61 Å². The van der Waals surface area contributed by atoms with Gasteiger partial charge in [-0.15, -0.1) is 0 Å². The van der Waals surface area contributed by atoms with Crippen LogP contribution in [0.5, 0.6) is 0 Å². The fourth-order valence-corrected chi connectivity index (χ4v) is 1.61. The van der Waals surface area contributed by atoms with Gasteiger partial charge >= 0.3 is 0 Å². The standard InChI is InChI=1S/C14H26N2O/c1-12(2)6-9-17-10-8-16-7-5-14(11-16)13(3)15-4/h5,7,11-13,15H,6,8-10H2,1-4H3. The van der Waals surface area contributed by atoms with Crippen LogP contribution in [0.4, 0.5) is 0 Å². The van der Waals surface area contributed by atoms with Gasteiger partial charge < -0.3 is 14.6 Å². The SMILES string of the molecule is CNC(C)c1ccn(CCOCCC(C)C)c1. The summed E-state index contributed by atoms with van der Waals surface area (Å²) in [4.78, 5) is 0. The molecule has 1 unspecified atom stereocenters. The summed E-state index contributed by atoms with van der Waals surface area (Å²) in [5.74, 6) is 0.727. The number of hydrogen-bond acceptors (Lipinski definition) is 2. The van der Waals surface area contributed by atoms with Crippen molar-refractivity contribution in [1.82, 2.24) is 9.88 Å². The zero-order valence-corrected chi connectivity index (χ0v) is 11.6. The topological polar surface area (TPSA) is 26.2 Å². The normalized spacial score (nSPS) is 13.2. The Bertz CT molecular complexity index is 307. The van der Waals surface area contributed by atoms with Crippen LogP contribution in [0.25, 0.3) is 0 Å². The number of ether oxygens (including phenoxy) is 1. The molecular weight excluding hydrogens is 212 g/mol. The van der Waals surface area contributed by atoms with E-state index in [2.05, 4.69) is 49.1 Å². The van der Waals surface area contributed by atoms with E-state index in [-0.39, 0.29) is 0 Å². The van der Waals surface area contributed by atoms with Crippen molar-refractivity contribution in [3.8, 4) is 0 Å². The van der Waals surface area contributed by atoms with Gasteiger partial charge in [-0.1, -0.05) is 13.8 Å². The molecule has 3 heteroatoms. The molecule has 1 atom stereocenters. The van der Waals surface area contributed by atoms with Crippen molar-refractivity contribution in [3.63, 3.8) is 0 Å². The molecule has 1 rings (SSSR count). The van der Waals surface area contributed by atoms with Crippen molar-refractivity contribution in [2.75, 3.05) is 20.3 Å². The van der Waals surface area contributed by atoms with Crippen LogP contribution in [0, 0.1) is 5.92 Å². The van der Waals surface area contributed by atoms with Crippen LogP contribution in [0.3, 0.4) is 0 Å². The summed E-state index contributed by atoms with van der Waals surface area (Å²) in [5.41, 5.74) is 1.33. The van der Waals surface area contributed by atoms with E-state index < -0.39 is 0 Å². The highest BCUT2D eigenvalue weighted by Gasteiger charge is 2.03. The van der Waals surface area contributed by atoms with Crippen LogP contribution in [0.1, 0.15) is 38.8 Å². The van der Waals surface area contributed by atoms with Gasteiger partial charge in [0.15, 0.2) is 0 Å². The molecular formula is C14H26N2O. The molecule has 3 nitrogen and oxygen atoms in total. The lowest BCUT2D eigenvalue weighted by Gasteiger charge is -2.08. The second-order valence-corrected chi connectivity index (χ2v) is 4.99. The second kappa shape index (κ2) is 7.51. The Kier molecular flexibility index (Phi) is 6.30. The smallest absolute Gasteiger partial charge is 0.0645 e. The Morgan fingerprint density at radius 3 is 2.71 bits per heavy atom. The number of aromatic nitrogens is 1. The van der Waals surface area contributed by atoms with Crippen LogP contribution in [0.15, 0.2) is 18.5 Å². The van der Waals surface area contributed by atoms with E-state index in [4.69, 9.17) is 4.74 Å². The molecule has 0 amide bonds. The highest BCUT2D eigenvalue weighted by Crippen LogP contribution is 2.11. The Labute approximate surface area is 105 Å². The monoisotopic (exact) mass is 238 g/mol. The van der Waals surface area contributed by atoms with Gasteiger partial charge in [0.2, 0.25) is 0 Å². The number of rotatable bonds is 8. The van der Waals surface area contributed by atoms with Gasteiger partial charge in [-0.2, -0.15) is 0 Å². The Morgan fingerprint density at radius 2 is 2.06 bits per heavy atom. The summed E-state index contributed by atoms with van der Waals surface area (Å²) < 4.78 is 7.80. The van der Waals surface area contributed by atoms with Crippen molar-refractivity contribution in [1.29, 1.82) is 0 Å². The molecule has 0 saturated carbocycles. The predicted octanol–water partition coefficient (Wildman–Crippen LogP) is 2.83. The lowest BCUT2D eigenvalue weighted by atomic mass is 10.1. The number of nitrogens with zero attached hydrogens (tertiary/aromatic N) is 1. The maximum absolute atomic E-state index is 5.61. The Hall–Kier alpha value is -0.800. The van der Waals surface area contributed by atoms with Crippen molar-refractivity contribution in [3.05, 3.63) is 24.0 Å². The predicted molar refractivity (Wildman–Crippen MR) is 72.2 cm³/mol. The molecule has 0 aliphatic rings. The van der Waals surface area contributed by atoms with E-state index in [1.54, 1.807) is 0 Å². The lowest BCUT2D eigenvalue weighted by Crippen LogP contribution is -2.11. The summed E-state index contributed by atoms with van der Waals surface area (Å²) in [6.07, 6.45) is 5.45. The summed E-state index contributed by atoms with van der Waals surface area (Å²) in [7, 11) is 1.98. The summed E-state index contributed by atoms with van der Waals surface area (Å²) >= 11 is 0. The van der Waals surface area contributed by atoms with E-state index in [0.717, 1.165) is 32.1 Å². The molecule has 0 radical (unpaired) electrons. The van der Waals surface area contributed by atoms with Crippen molar-refractivity contribution < 1.29 is 4.74 Å². The largest absolute Gasteiger partial charge is 0.380 e. The van der Waals surface area contributed by atoms with Crippen LogP contribution in [-0.2, 0) is 11.3 Å². The maximum atomic E-state index is 5.61. The van der Waals surface area contributed by atoms with Crippen LogP contribution in [-0.4, -0.2) is 24.8 Å². The molecule has 1 heterocycles. The Balaban J connectivity index is 2.21. The quantitative estimate of drug-likeness (QED) is 0.705. The molecule has 0 aliphatic carbocycles. The Morgan fingerprint density at radius 1 is 1.29 bits per heavy atom. The van der Waals surface area contributed by atoms with Gasteiger partial charge in [0.1, 0.15) is 0 Å². The highest BCUT2D eigenvalue weighted by atomic mass is 16.5. The molecule has 98 valence electrons. The number of nitrogens with one attached hydrogen (secondary N) is 1. The van der Waals surface area contributed by atoms with Gasteiger partial charge in [0, 0.05) is 31.6 Å². The highest BCUT2D eigenvalue weighted by molar-refractivity contribution is 5.14. The van der Waals surface area contributed by atoms with E-state index in [9.17, 15) is 0 Å². The molecule has 0 spiro atoms. The van der Waals surface area contributed by atoms with Crippen LogP contribution >= 0.6 is 0 Å².